The minimum Gasteiger partial charge on any atom is -0.299 e. The van der Waals surface area contributed by atoms with Gasteiger partial charge in [0.05, 0.1) is 0 Å². The molecule has 0 radical (unpaired) electrons. The van der Waals surface area contributed by atoms with E-state index in [-0.39, 0.29) is 11.6 Å². The van der Waals surface area contributed by atoms with Gasteiger partial charge in [0, 0.05) is 11.8 Å². The lowest BCUT2D eigenvalue weighted by Crippen LogP contribution is -2.40. The van der Waals surface area contributed by atoms with E-state index in [0.717, 1.165) is 17.9 Å². The van der Waals surface area contributed by atoms with Gasteiger partial charge in [-0.3, -0.25) is 5.32 Å². The number of benzene rings is 1. The zero-order valence-corrected chi connectivity index (χ0v) is 10.0. The second-order valence-electron chi connectivity index (χ2n) is 4.11. The molecule has 1 aliphatic rings. The summed E-state index contributed by atoms with van der Waals surface area (Å²) in [4.78, 5) is 0. The third-order valence-corrected chi connectivity index (χ3v) is 3.95. The fraction of sp³-hybridized carbons (Fsp3) is 0.500. The van der Waals surface area contributed by atoms with E-state index >= 15 is 0 Å². The van der Waals surface area contributed by atoms with Crippen LogP contribution in [0.15, 0.2) is 30.3 Å². The van der Waals surface area contributed by atoms with Crippen molar-refractivity contribution >= 4 is 11.8 Å². The van der Waals surface area contributed by atoms with Gasteiger partial charge >= 0.3 is 6.18 Å². The number of hydrogen-bond acceptors (Lipinski definition) is 2. The first-order chi connectivity index (χ1) is 8.07. The monoisotopic (exact) mass is 261 g/mol. The third-order valence-electron chi connectivity index (χ3n) is 2.79. The summed E-state index contributed by atoms with van der Waals surface area (Å²) < 4.78 is 39.0. The SMILES string of the molecule is FC(F)(F)C(NC1CCSC1)c1ccccc1. The van der Waals surface area contributed by atoms with Crippen molar-refractivity contribution in [2.24, 2.45) is 0 Å². The Kier molecular flexibility index (Phi) is 3.99. The van der Waals surface area contributed by atoms with Crippen LogP contribution in [0.3, 0.4) is 0 Å². The molecule has 94 valence electrons. The molecule has 0 aromatic heterocycles. The van der Waals surface area contributed by atoms with E-state index in [2.05, 4.69) is 5.32 Å². The second kappa shape index (κ2) is 5.31. The summed E-state index contributed by atoms with van der Waals surface area (Å²) in [5, 5.41) is 2.73. The summed E-state index contributed by atoms with van der Waals surface area (Å²) >= 11 is 1.70. The molecule has 1 heterocycles. The number of alkyl halides is 3. The maximum atomic E-state index is 13.0. The van der Waals surface area contributed by atoms with Crippen LogP contribution in [0, 0.1) is 0 Å². The van der Waals surface area contributed by atoms with Crippen LogP contribution in [-0.2, 0) is 0 Å². The second-order valence-corrected chi connectivity index (χ2v) is 5.26. The van der Waals surface area contributed by atoms with E-state index in [1.165, 1.54) is 12.1 Å². The molecule has 17 heavy (non-hydrogen) atoms. The van der Waals surface area contributed by atoms with Crippen LogP contribution in [0.4, 0.5) is 13.2 Å². The molecule has 0 saturated carbocycles. The third kappa shape index (κ3) is 3.39. The summed E-state index contributed by atoms with van der Waals surface area (Å²) in [5.41, 5.74) is 0.289. The Morgan fingerprint density at radius 3 is 2.47 bits per heavy atom. The molecule has 1 N–H and O–H groups in total. The molecule has 1 fully saturated rings. The molecule has 1 aromatic rings. The van der Waals surface area contributed by atoms with Gasteiger partial charge in [0.1, 0.15) is 6.04 Å². The van der Waals surface area contributed by atoms with Crippen molar-refractivity contribution < 1.29 is 13.2 Å². The lowest BCUT2D eigenvalue weighted by Gasteiger charge is -2.25. The zero-order chi connectivity index (χ0) is 12.3. The molecule has 2 rings (SSSR count). The van der Waals surface area contributed by atoms with Crippen LogP contribution in [-0.4, -0.2) is 23.7 Å². The minimum atomic E-state index is -4.24. The van der Waals surface area contributed by atoms with Crippen molar-refractivity contribution in [2.45, 2.75) is 24.7 Å². The van der Waals surface area contributed by atoms with Gasteiger partial charge in [-0.05, 0) is 17.7 Å². The van der Waals surface area contributed by atoms with E-state index in [1.54, 1.807) is 30.0 Å². The van der Waals surface area contributed by atoms with Crippen molar-refractivity contribution in [1.82, 2.24) is 5.32 Å². The summed E-state index contributed by atoms with van der Waals surface area (Å²) in [6.45, 7) is 0. The Labute approximate surface area is 103 Å². The van der Waals surface area contributed by atoms with Gasteiger partial charge in [-0.2, -0.15) is 24.9 Å². The molecule has 0 spiro atoms. The predicted molar refractivity (Wildman–Crippen MR) is 64.1 cm³/mol. The highest BCUT2D eigenvalue weighted by Gasteiger charge is 2.41. The zero-order valence-electron chi connectivity index (χ0n) is 9.20. The number of hydrogen-bond donors (Lipinski definition) is 1. The first kappa shape index (κ1) is 12.8. The van der Waals surface area contributed by atoms with Crippen LogP contribution >= 0.6 is 11.8 Å². The summed E-state index contributed by atoms with van der Waals surface area (Å²) in [6.07, 6.45) is -3.43. The van der Waals surface area contributed by atoms with Gasteiger partial charge in [-0.25, -0.2) is 0 Å². The lowest BCUT2D eigenvalue weighted by atomic mass is 10.1. The highest BCUT2D eigenvalue weighted by atomic mass is 32.2. The molecule has 0 amide bonds. The van der Waals surface area contributed by atoms with Crippen LogP contribution in [0.1, 0.15) is 18.0 Å². The maximum absolute atomic E-state index is 13.0. The Hall–Kier alpha value is -0.680. The highest BCUT2D eigenvalue weighted by Crippen LogP contribution is 2.34. The average Bonchev–Trinajstić information content (AvgIpc) is 2.78. The van der Waals surface area contributed by atoms with E-state index in [0.29, 0.717) is 0 Å². The first-order valence-electron chi connectivity index (χ1n) is 5.53. The van der Waals surface area contributed by atoms with Gasteiger partial charge < -0.3 is 0 Å². The molecule has 5 heteroatoms. The molecular weight excluding hydrogens is 247 g/mol. The Bertz CT molecular complexity index is 347. The number of rotatable bonds is 3. The van der Waals surface area contributed by atoms with Crippen LogP contribution < -0.4 is 5.32 Å². The number of thioether (sulfide) groups is 1. The van der Waals surface area contributed by atoms with Crippen molar-refractivity contribution in [3.8, 4) is 0 Å². The molecule has 0 bridgehead atoms. The molecule has 0 aliphatic carbocycles. The van der Waals surface area contributed by atoms with Crippen LogP contribution in [0.2, 0.25) is 0 Å². The first-order valence-corrected chi connectivity index (χ1v) is 6.68. The molecule has 2 unspecified atom stereocenters. The van der Waals surface area contributed by atoms with Crippen molar-refractivity contribution in [1.29, 1.82) is 0 Å². The number of nitrogens with one attached hydrogen (secondary N) is 1. The average molecular weight is 261 g/mol. The normalized spacial score (nSPS) is 22.6. The quantitative estimate of drug-likeness (QED) is 0.895. The smallest absolute Gasteiger partial charge is 0.299 e. The standard InChI is InChI=1S/C12H14F3NS/c13-12(14,15)11(9-4-2-1-3-5-9)16-10-6-7-17-8-10/h1-5,10-11,16H,6-8H2. The Morgan fingerprint density at radius 1 is 1.24 bits per heavy atom. The van der Waals surface area contributed by atoms with Gasteiger partial charge in [-0.15, -0.1) is 0 Å². The molecule has 1 nitrogen and oxygen atoms in total. The van der Waals surface area contributed by atoms with Crippen LogP contribution in [0.25, 0.3) is 0 Å². The molecular formula is C12H14F3NS. The largest absolute Gasteiger partial charge is 0.407 e. The Balaban J connectivity index is 2.14. The minimum absolute atomic E-state index is 0.0353. The molecule has 2 atom stereocenters. The van der Waals surface area contributed by atoms with E-state index in [1.807, 2.05) is 0 Å². The molecule has 1 aliphatic heterocycles. The topological polar surface area (TPSA) is 12.0 Å². The number of halogens is 3. The van der Waals surface area contributed by atoms with Crippen LogP contribution in [0.5, 0.6) is 0 Å². The van der Waals surface area contributed by atoms with E-state index in [4.69, 9.17) is 0 Å². The summed E-state index contributed by atoms with van der Waals surface area (Å²) in [6, 6.07) is 6.46. The fourth-order valence-electron chi connectivity index (χ4n) is 1.93. The van der Waals surface area contributed by atoms with Gasteiger partial charge in [0.25, 0.3) is 0 Å². The predicted octanol–water partition coefficient (Wildman–Crippen LogP) is 3.39. The maximum Gasteiger partial charge on any atom is 0.407 e. The van der Waals surface area contributed by atoms with Gasteiger partial charge in [0.15, 0.2) is 0 Å². The van der Waals surface area contributed by atoms with E-state index < -0.39 is 12.2 Å². The van der Waals surface area contributed by atoms with E-state index in [9.17, 15) is 13.2 Å². The summed E-state index contributed by atoms with van der Waals surface area (Å²) in [5.74, 6) is 1.70. The van der Waals surface area contributed by atoms with Gasteiger partial charge in [-0.1, -0.05) is 30.3 Å². The van der Waals surface area contributed by atoms with Crippen molar-refractivity contribution in [3.63, 3.8) is 0 Å². The van der Waals surface area contributed by atoms with Crippen molar-refractivity contribution in [2.75, 3.05) is 11.5 Å². The Morgan fingerprint density at radius 2 is 1.94 bits per heavy atom. The fourth-order valence-corrected chi connectivity index (χ4v) is 3.09. The summed E-state index contributed by atoms with van der Waals surface area (Å²) in [7, 11) is 0. The van der Waals surface area contributed by atoms with Gasteiger partial charge in [0.2, 0.25) is 0 Å². The lowest BCUT2D eigenvalue weighted by molar-refractivity contribution is -0.159. The molecule has 1 saturated heterocycles. The highest BCUT2D eigenvalue weighted by molar-refractivity contribution is 7.99. The molecule has 1 aromatic carbocycles. The van der Waals surface area contributed by atoms with Crippen molar-refractivity contribution in [3.05, 3.63) is 35.9 Å².